The Morgan fingerprint density at radius 3 is 2.50 bits per heavy atom. The maximum Gasteiger partial charge on any atom is 0.256 e. The van der Waals surface area contributed by atoms with E-state index in [4.69, 9.17) is 11.6 Å². The second kappa shape index (κ2) is 8.85. The number of nitrogens with one attached hydrogen (secondary N) is 1. The van der Waals surface area contributed by atoms with E-state index in [0.29, 0.717) is 30.1 Å². The molecule has 0 aliphatic carbocycles. The van der Waals surface area contributed by atoms with Crippen molar-refractivity contribution in [2.24, 2.45) is 0 Å². The minimum atomic E-state index is -0.881. The zero-order valence-corrected chi connectivity index (χ0v) is 19.0. The lowest BCUT2D eigenvalue weighted by Crippen LogP contribution is -2.51. The summed E-state index contributed by atoms with van der Waals surface area (Å²) >= 11 is 6.17. The second-order valence-corrected chi connectivity index (χ2v) is 9.21. The molecule has 2 aromatic carbocycles. The third-order valence-corrected chi connectivity index (χ3v) is 7.23. The first-order chi connectivity index (χ1) is 15.6. The van der Waals surface area contributed by atoms with Gasteiger partial charge in [-0.15, -0.1) is 0 Å². The molecule has 5 rings (SSSR count). The highest BCUT2D eigenvalue weighted by molar-refractivity contribution is 6.30. The molecule has 6 nitrogen and oxygen atoms in total. The molecule has 1 N–H and O–H groups in total. The number of carbonyl (C=O) groups is 2. The molecule has 0 saturated carbocycles. The first-order valence-electron chi connectivity index (χ1n) is 11.5. The van der Waals surface area contributed by atoms with E-state index in [1.807, 2.05) is 58.3 Å². The first-order valence-corrected chi connectivity index (χ1v) is 11.9. The molecule has 3 heterocycles. The summed E-state index contributed by atoms with van der Waals surface area (Å²) in [5.41, 5.74) is 1.60. The van der Waals surface area contributed by atoms with Crippen LogP contribution in [0, 0.1) is 0 Å². The molecule has 7 heteroatoms. The Kier molecular flexibility index (Phi) is 5.93. The molecule has 2 amide bonds. The Hall–Kier alpha value is -2.41. The lowest BCUT2D eigenvalue weighted by molar-refractivity contribution is -0.136. The summed E-state index contributed by atoms with van der Waals surface area (Å²) < 4.78 is 0. The number of benzene rings is 2. The molecular formula is C25H29ClN4O2. The summed E-state index contributed by atoms with van der Waals surface area (Å²) in [7, 11) is 0. The molecule has 3 aliphatic rings. The van der Waals surface area contributed by atoms with Crippen LogP contribution >= 0.6 is 11.6 Å². The van der Waals surface area contributed by atoms with E-state index < -0.39 is 5.66 Å². The summed E-state index contributed by atoms with van der Waals surface area (Å²) in [6.45, 7) is 6.34. The summed E-state index contributed by atoms with van der Waals surface area (Å²) in [5, 5.41) is 4.01. The lowest BCUT2D eigenvalue weighted by Gasteiger charge is -2.40. The molecule has 0 spiro atoms. The summed E-state index contributed by atoms with van der Waals surface area (Å²) in [4.78, 5) is 33.1. The Balaban J connectivity index is 1.40. The number of hydrogen-bond acceptors (Lipinski definition) is 4. The molecule has 2 aromatic rings. The Labute approximate surface area is 194 Å². The van der Waals surface area contributed by atoms with Gasteiger partial charge in [-0.3, -0.25) is 9.59 Å². The van der Waals surface area contributed by atoms with Crippen LogP contribution in [0.25, 0.3) is 0 Å². The van der Waals surface area contributed by atoms with Crippen molar-refractivity contribution in [1.82, 2.24) is 20.0 Å². The number of nitrogens with zero attached hydrogens (tertiary/aromatic N) is 3. The van der Waals surface area contributed by atoms with Gasteiger partial charge in [-0.1, -0.05) is 41.9 Å². The maximum atomic E-state index is 13.5. The SMILES string of the molecule is O=C(CCCCN1CCNCC1)N1CCN2C(=O)c3ccccc3C12c1ccc(Cl)cc1. The number of rotatable bonds is 6. The number of amides is 2. The zero-order chi connectivity index (χ0) is 22.1. The van der Waals surface area contributed by atoms with Crippen molar-refractivity contribution >= 4 is 23.4 Å². The van der Waals surface area contributed by atoms with Gasteiger partial charge in [0.05, 0.1) is 0 Å². The third kappa shape index (κ3) is 3.51. The van der Waals surface area contributed by atoms with Gasteiger partial charge in [-0.2, -0.15) is 0 Å². The molecule has 3 aliphatic heterocycles. The van der Waals surface area contributed by atoms with Gasteiger partial charge in [0, 0.05) is 67.4 Å². The number of carbonyl (C=O) groups excluding carboxylic acids is 2. The fourth-order valence-electron chi connectivity index (χ4n) is 5.46. The van der Waals surface area contributed by atoms with Gasteiger partial charge < -0.3 is 20.0 Å². The molecule has 32 heavy (non-hydrogen) atoms. The van der Waals surface area contributed by atoms with Gasteiger partial charge in [0.15, 0.2) is 5.66 Å². The molecule has 0 bridgehead atoms. The number of unbranched alkanes of at least 4 members (excludes halogenated alkanes) is 1. The summed E-state index contributed by atoms with van der Waals surface area (Å²) in [5.74, 6) is 0.0943. The number of piperazine rings is 1. The standard InChI is InChI=1S/C25H29ClN4O2/c26-20-10-8-19(9-11-20)25-22-6-2-1-5-21(22)24(32)30(25)18-17-29(25)23(31)7-3-4-14-28-15-12-27-13-16-28/h1-2,5-6,8-11,27H,3-4,7,12-18H2. The minimum absolute atomic E-state index is 0.00967. The van der Waals surface area contributed by atoms with E-state index in [-0.39, 0.29) is 11.8 Å². The van der Waals surface area contributed by atoms with E-state index in [9.17, 15) is 9.59 Å². The minimum Gasteiger partial charge on any atom is -0.314 e. The predicted octanol–water partition coefficient (Wildman–Crippen LogP) is 2.91. The predicted molar refractivity (Wildman–Crippen MR) is 125 cm³/mol. The van der Waals surface area contributed by atoms with Crippen LogP contribution in [0.5, 0.6) is 0 Å². The lowest BCUT2D eigenvalue weighted by atomic mass is 9.89. The van der Waals surface area contributed by atoms with Crippen LogP contribution in [-0.2, 0) is 10.5 Å². The highest BCUT2D eigenvalue weighted by Crippen LogP contribution is 2.49. The first kappa shape index (κ1) is 21.4. The smallest absolute Gasteiger partial charge is 0.256 e. The van der Waals surface area contributed by atoms with Crippen molar-refractivity contribution in [2.75, 3.05) is 45.8 Å². The van der Waals surface area contributed by atoms with Gasteiger partial charge in [0.25, 0.3) is 5.91 Å². The number of hydrogen-bond donors (Lipinski definition) is 1. The highest BCUT2D eigenvalue weighted by atomic mass is 35.5. The average molecular weight is 453 g/mol. The summed E-state index contributed by atoms with van der Waals surface area (Å²) in [6.07, 6.45) is 2.35. The topological polar surface area (TPSA) is 55.9 Å². The van der Waals surface area contributed by atoms with E-state index in [1.54, 1.807) is 0 Å². The highest BCUT2D eigenvalue weighted by Gasteiger charge is 2.59. The normalized spacial score (nSPS) is 22.8. The molecule has 2 fully saturated rings. The quantitative estimate of drug-likeness (QED) is 0.685. The largest absolute Gasteiger partial charge is 0.314 e. The van der Waals surface area contributed by atoms with Crippen LogP contribution in [0.2, 0.25) is 5.02 Å². The monoisotopic (exact) mass is 452 g/mol. The molecule has 2 saturated heterocycles. The molecule has 1 atom stereocenters. The average Bonchev–Trinajstić information content (AvgIpc) is 3.33. The van der Waals surface area contributed by atoms with Crippen LogP contribution in [0.3, 0.4) is 0 Å². The Morgan fingerprint density at radius 2 is 1.72 bits per heavy atom. The molecule has 0 aromatic heterocycles. The maximum absolute atomic E-state index is 13.5. The molecular weight excluding hydrogens is 424 g/mol. The van der Waals surface area contributed by atoms with Crippen LogP contribution in [-0.4, -0.2) is 72.3 Å². The Morgan fingerprint density at radius 1 is 0.969 bits per heavy atom. The molecule has 0 radical (unpaired) electrons. The van der Waals surface area contributed by atoms with Crippen LogP contribution in [0.4, 0.5) is 0 Å². The molecule has 168 valence electrons. The van der Waals surface area contributed by atoms with Gasteiger partial charge in [0.1, 0.15) is 0 Å². The number of halogens is 1. The van der Waals surface area contributed by atoms with Crippen molar-refractivity contribution in [3.8, 4) is 0 Å². The van der Waals surface area contributed by atoms with E-state index >= 15 is 0 Å². The Bertz CT molecular complexity index is 1010. The van der Waals surface area contributed by atoms with Crippen molar-refractivity contribution in [1.29, 1.82) is 0 Å². The van der Waals surface area contributed by atoms with E-state index in [1.165, 1.54) is 0 Å². The van der Waals surface area contributed by atoms with Gasteiger partial charge in [-0.05, 0) is 37.6 Å². The van der Waals surface area contributed by atoms with Crippen LogP contribution in [0.15, 0.2) is 48.5 Å². The van der Waals surface area contributed by atoms with Crippen molar-refractivity contribution in [3.05, 3.63) is 70.2 Å². The van der Waals surface area contributed by atoms with Gasteiger partial charge in [-0.25, -0.2) is 0 Å². The molecule has 1 unspecified atom stereocenters. The number of fused-ring (bicyclic) bond motifs is 3. The van der Waals surface area contributed by atoms with Crippen molar-refractivity contribution in [2.45, 2.75) is 24.9 Å². The van der Waals surface area contributed by atoms with E-state index in [0.717, 1.165) is 56.7 Å². The fraction of sp³-hybridized carbons (Fsp3) is 0.440. The third-order valence-electron chi connectivity index (χ3n) is 6.98. The summed E-state index contributed by atoms with van der Waals surface area (Å²) in [6, 6.07) is 15.2. The van der Waals surface area contributed by atoms with Crippen molar-refractivity contribution < 1.29 is 9.59 Å². The van der Waals surface area contributed by atoms with E-state index in [2.05, 4.69) is 10.2 Å². The van der Waals surface area contributed by atoms with Gasteiger partial charge >= 0.3 is 0 Å². The second-order valence-electron chi connectivity index (χ2n) is 8.78. The zero-order valence-electron chi connectivity index (χ0n) is 18.2. The fourth-order valence-corrected chi connectivity index (χ4v) is 5.59. The van der Waals surface area contributed by atoms with Crippen molar-refractivity contribution in [3.63, 3.8) is 0 Å². The van der Waals surface area contributed by atoms with Crippen LogP contribution in [0.1, 0.15) is 40.7 Å². The van der Waals surface area contributed by atoms with Crippen LogP contribution < -0.4 is 5.32 Å². The van der Waals surface area contributed by atoms with Gasteiger partial charge in [0.2, 0.25) is 5.91 Å².